The van der Waals surface area contributed by atoms with Gasteiger partial charge in [-0.3, -0.25) is 25.8 Å². The number of ether oxygens (including phenoxy) is 1. The van der Waals surface area contributed by atoms with Crippen LogP contribution in [0.25, 0.3) is 10.8 Å². The number of hydrogen-bond donors (Lipinski definition) is 3. The standard InChI is InChI=1S/C18H18N6O4/c1-28-10-9-19-16-15(24(26)27)17(21-11-20-16)22-23-18(25)14-8-4-6-12-5-2-3-7-13(12)14/h2-8,11H,9-10H2,1H3,(H,23,25)(H2,19,20,21,22). The van der Waals surface area contributed by atoms with Gasteiger partial charge < -0.3 is 10.1 Å². The summed E-state index contributed by atoms with van der Waals surface area (Å²) >= 11 is 0. The molecule has 0 aliphatic rings. The molecule has 2 aromatic carbocycles. The molecule has 3 aromatic rings. The SMILES string of the molecule is COCCNc1ncnc(NNC(=O)c2cccc3ccccc23)c1[N+](=O)[O-]. The molecule has 0 saturated heterocycles. The Labute approximate surface area is 160 Å². The molecule has 3 rings (SSSR count). The Morgan fingerprint density at radius 2 is 1.89 bits per heavy atom. The van der Waals surface area contributed by atoms with Crippen LogP contribution in [-0.4, -0.2) is 41.1 Å². The van der Waals surface area contributed by atoms with E-state index in [-0.39, 0.29) is 17.3 Å². The zero-order valence-electron chi connectivity index (χ0n) is 15.0. The van der Waals surface area contributed by atoms with E-state index < -0.39 is 10.8 Å². The van der Waals surface area contributed by atoms with E-state index >= 15 is 0 Å². The van der Waals surface area contributed by atoms with E-state index in [1.165, 1.54) is 7.11 Å². The summed E-state index contributed by atoms with van der Waals surface area (Å²) < 4.78 is 4.91. The molecular formula is C18H18N6O4. The molecule has 0 aliphatic heterocycles. The normalized spacial score (nSPS) is 10.5. The Hall–Kier alpha value is -3.79. The molecule has 0 radical (unpaired) electrons. The van der Waals surface area contributed by atoms with E-state index in [2.05, 4.69) is 26.1 Å². The van der Waals surface area contributed by atoms with Crippen molar-refractivity contribution in [1.29, 1.82) is 0 Å². The molecule has 1 heterocycles. The number of methoxy groups -OCH3 is 1. The van der Waals surface area contributed by atoms with Crippen LogP contribution in [0.15, 0.2) is 48.8 Å². The second-order valence-corrected chi connectivity index (χ2v) is 5.70. The number of nitrogens with zero attached hydrogens (tertiary/aromatic N) is 3. The average molecular weight is 382 g/mol. The summed E-state index contributed by atoms with van der Waals surface area (Å²) in [5, 5.41) is 16.0. The minimum Gasteiger partial charge on any atom is -0.383 e. The number of hydrazine groups is 1. The number of rotatable bonds is 8. The summed E-state index contributed by atoms with van der Waals surface area (Å²) in [5.74, 6) is -0.550. The average Bonchev–Trinajstić information content (AvgIpc) is 2.71. The summed E-state index contributed by atoms with van der Waals surface area (Å²) in [6.45, 7) is 0.678. The lowest BCUT2D eigenvalue weighted by atomic mass is 10.0. The van der Waals surface area contributed by atoms with Gasteiger partial charge in [0.15, 0.2) is 0 Å². The van der Waals surface area contributed by atoms with Crippen molar-refractivity contribution in [3.05, 3.63) is 64.5 Å². The van der Waals surface area contributed by atoms with Crippen LogP contribution < -0.4 is 16.2 Å². The molecule has 0 unspecified atom stereocenters. The first kappa shape index (κ1) is 19.0. The topological polar surface area (TPSA) is 131 Å². The van der Waals surface area contributed by atoms with Crippen molar-refractivity contribution >= 4 is 34.0 Å². The van der Waals surface area contributed by atoms with Crippen LogP contribution in [0.4, 0.5) is 17.3 Å². The highest BCUT2D eigenvalue weighted by atomic mass is 16.6. The minimum atomic E-state index is -0.623. The van der Waals surface area contributed by atoms with Gasteiger partial charge in [-0.2, -0.15) is 0 Å². The maximum absolute atomic E-state index is 12.6. The Bertz CT molecular complexity index is 1010. The van der Waals surface area contributed by atoms with Gasteiger partial charge in [-0.15, -0.1) is 0 Å². The molecule has 28 heavy (non-hydrogen) atoms. The molecule has 0 bridgehead atoms. The summed E-state index contributed by atoms with van der Waals surface area (Å²) in [6, 6.07) is 12.8. The zero-order valence-corrected chi connectivity index (χ0v) is 15.0. The van der Waals surface area contributed by atoms with Crippen LogP contribution in [0.5, 0.6) is 0 Å². The van der Waals surface area contributed by atoms with Gasteiger partial charge >= 0.3 is 5.69 Å². The summed E-state index contributed by atoms with van der Waals surface area (Å²) in [7, 11) is 1.52. The van der Waals surface area contributed by atoms with Gasteiger partial charge in [-0.25, -0.2) is 9.97 Å². The molecule has 0 fully saturated rings. The molecule has 3 N–H and O–H groups in total. The number of amides is 1. The number of benzene rings is 2. The number of nitrogens with one attached hydrogen (secondary N) is 3. The second-order valence-electron chi connectivity index (χ2n) is 5.70. The zero-order chi connectivity index (χ0) is 19.9. The molecule has 10 heteroatoms. The van der Waals surface area contributed by atoms with Gasteiger partial charge in [-0.1, -0.05) is 36.4 Å². The lowest BCUT2D eigenvalue weighted by molar-refractivity contribution is -0.383. The molecule has 0 aliphatic carbocycles. The molecule has 144 valence electrons. The van der Waals surface area contributed by atoms with Crippen LogP contribution in [0.3, 0.4) is 0 Å². The third-order valence-corrected chi connectivity index (χ3v) is 3.93. The van der Waals surface area contributed by atoms with Crippen LogP contribution >= 0.6 is 0 Å². The van der Waals surface area contributed by atoms with Crippen molar-refractivity contribution < 1.29 is 14.5 Å². The molecule has 1 aromatic heterocycles. The van der Waals surface area contributed by atoms with E-state index in [0.717, 1.165) is 17.1 Å². The quantitative estimate of drug-likeness (QED) is 0.307. The Kier molecular flexibility index (Phi) is 5.92. The largest absolute Gasteiger partial charge is 0.383 e. The van der Waals surface area contributed by atoms with Crippen LogP contribution in [0, 0.1) is 10.1 Å². The fourth-order valence-corrected chi connectivity index (χ4v) is 2.65. The Morgan fingerprint density at radius 1 is 1.14 bits per heavy atom. The van der Waals surface area contributed by atoms with Crippen molar-refractivity contribution in [1.82, 2.24) is 15.4 Å². The van der Waals surface area contributed by atoms with Gasteiger partial charge in [0, 0.05) is 19.2 Å². The van der Waals surface area contributed by atoms with Gasteiger partial charge in [-0.05, 0) is 16.8 Å². The highest BCUT2D eigenvalue weighted by Crippen LogP contribution is 2.28. The van der Waals surface area contributed by atoms with Crippen LogP contribution in [-0.2, 0) is 4.74 Å². The van der Waals surface area contributed by atoms with Gasteiger partial charge in [0.05, 0.1) is 11.5 Å². The Morgan fingerprint density at radius 3 is 2.68 bits per heavy atom. The number of carbonyl (C=O) groups is 1. The first-order valence-corrected chi connectivity index (χ1v) is 8.38. The fourth-order valence-electron chi connectivity index (χ4n) is 2.65. The second kappa shape index (κ2) is 8.73. The van der Waals surface area contributed by atoms with Crippen LogP contribution in [0.1, 0.15) is 10.4 Å². The molecule has 1 amide bonds. The third-order valence-electron chi connectivity index (χ3n) is 3.93. The highest BCUT2D eigenvalue weighted by molar-refractivity contribution is 6.07. The van der Waals surface area contributed by atoms with E-state index in [0.29, 0.717) is 18.7 Å². The highest BCUT2D eigenvalue weighted by Gasteiger charge is 2.23. The van der Waals surface area contributed by atoms with E-state index in [1.54, 1.807) is 12.1 Å². The predicted octanol–water partition coefficient (Wildman–Crippen LogP) is 2.35. The maximum Gasteiger partial charge on any atom is 0.354 e. The number of aromatic nitrogens is 2. The first-order chi connectivity index (χ1) is 13.6. The maximum atomic E-state index is 12.6. The molecule has 0 spiro atoms. The van der Waals surface area contributed by atoms with Crippen LogP contribution in [0.2, 0.25) is 0 Å². The van der Waals surface area contributed by atoms with Gasteiger partial charge in [0.25, 0.3) is 5.91 Å². The number of hydrogen-bond acceptors (Lipinski definition) is 8. The van der Waals surface area contributed by atoms with Crippen molar-refractivity contribution in [2.75, 3.05) is 31.0 Å². The fraction of sp³-hybridized carbons (Fsp3) is 0.167. The summed E-state index contributed by atoms with van der Waals surface area (Å²) in [5.41, 5.74) is 5.04. The number of anilines is 2. The number of nitro groups is 1. The van der Waals surface area contributed by atoms with E-state index in [1.807, 2.05) is 30.3 Å². The van der Waals surface area contributed by atoms with Crippen molar-refractivity contribution in [3.63, 3.8) is 0 Å². The molecule has 0 saturated carbocycles. The summed E-state index contributed by atoms with van der Waals surface area (Å²) in [4.78, 5) is 31.2. The minimum absolute atomic E-state index is 0.0268. The number of carbonyl (C=O) groups excluding carboxylic acids is 1. The van der Waals surface area contributed by atoms with Gasteiger partial charge in [0.2, 0.25) is 11.6 Å². The molecule has 10 nitrogen and oxygen atoms in total. The lowest BCUT2D eigenvalue weighted by Gasteiger charge is -2.11. The predicted molar refractivity (Wildman–Crippen MR) is 104 cm³/mol. The van der Waals surface area contributed by atoms with E-state index in [4.69, 9.17) is 4.74 Å². The van der Waals surface area contributed by atoms with Crippen molar-refractivity contribution in [2.45, 2.75) is 0 Å². The lowest BCUT2D eigenvalue weighted by Crippen LogP contribution is -2.30. The monoisotopic (exact) mass is 382 g/mol. The molecule has 0 atom stereocenters. The van der Waals surface area contributed by atoms with Gasteiger partial charge in [0.1, 0.15) is 6.33 Å². The van der Waals surface area contributed by atoms with E-state index in [9.17, 15) is 14.9 Å². The number of fused-ring (bicyclic) bond motifs is 1. The summed E-state index contributed by atoms with van der Waals surface area (Å²) in [6.07, 6.45) is 1.16. The third kappa shape index (κ3) is 4.13. The molecular weight excluding hydrogens is 364 g/mol. The van der Waals surface area contributed by atoms with Crippen molar-refractivity contribution in [3.8, 4) is 0 Å². The first-order valence-electron chi connectivity index (χ1n) is 8.38. The smallest absolute Gasteiger partial charge is 0.354 e. The Balaban J connectivity index is 1.81. The van der Waals surface area contributed by atoms with Crippen molar-refractivity contribution in [2.24, 2.45) is 0 Å².